The predicted octanol–water partition coefficient (Wildman–Crippen LogP) is 1.02. The number of benzene rings is 1. The summed E-state index contributed by atoms with van der Waals surface area (Å²) in [5.41, 5.74) is 7.39. The van der Waals surface area contributed by atoms with Gasteiger partial charge < -0.3 is 15.6 Å². The van der Waals surface area contributed by atoms with Gasteiger partial charge in [-0.05, 0) is 37.3 Å². The molecule has 0 radical (unpaired) electrons. The standard InChI is InChI=1S/C18H24N4O2/c1-13-10-14-4-2-3-5-16(14)22(13)12-18(24)20-15-6-8-21(9-7-15)11-17(19)23/h2-5,10,15H,6-9,11-12H2,1H3,(H2,19,23)(H,20,24). The van der Waals surface area contributed by atoms with Crippen LogP contribution < -0.4 is 11.1 Å². The summed E-state index contributed by atoms with van der Waals surface area (Å²) in [6.45, 7) is 4.24. The lowest BCUT2D eigenvalue weighted by atomic mass is 10.1. The second-order valence-corrected chi connectivity index (χ2v) is 6.51. The number of nitrogens with zero attached hydrogens (tertiary/aromatic N) is 2. The highest BCUT2D eigenvalue weighted by molar-refractivity contribution is 5.84. The quantitative estimate of drug-likeness (QED) is 0.860. The van der Waals surface area contributed by atoms with Crippen molar-refractivity contribution in [3.8, 4) is 0 Å². The molecule has 1 fully saturated rings. The van der Waals surface area contributed by atoms with Gasteiger partial charge >= 0.3 is 0 Å². The van der Waals surface area contributed by atoms with Crippen LogP contribution in [0, 0.1) is 6.92 Å². The molecule has 1 aromatic heterocycles. The van der Waals surface area contributed by atoms with Crippen molar-refractivity contribution >= 4 is 22.7 Å². The monoisotopic (exact) mass is 328 g/mol. The van der Waals surface area contributed by atoms with E-state index in [2.05, 4.69) is 17.4 Å². The van der Waals surface area contributed by atoms with Crippen LogP contribution in [0.25, 0.3) is 10.9 Å². The molecule has 3 N–H and O–H groups in total. The number of aromatic nitrogens is 1. The number of aryl methyl sites for hydroxylation is 1. The molecule has 1 aromatic carbocycles. The Hall–Kier alpha value is -2.34. The lowest BCUT2D eigenvalue weighted by Gasteiger charge is -2.31. The number of hydrogen-bond donors (Lipinski definition) is 2. The number of fused-ring (bicyclic) bond motifs is 1. The highest BCUT2D eigenvalue weighted by atomic mass is 16.2. The Morgan fingerprint density at radius 1 is 1.21 bits per heavy atom. The van der Waals surface area contributed by atoms with Gasteiger partial charge in [-0.1, -0.05) is 18.2 Å². The first-order chi connectivity index (χ1) is 11.5. The predicted molar refractivity (Wildman–Crippen MR) is 93.5 cm³/mol. The molecular formula is C18H24N4O2. The van der Waals surface area contributed by atoms with Gasteiger partial charge in [-0.15, -0.1) is 0 Å². The minimum absolute atomic E-state index is 0.0350. The van der Waals surface area contributed by atoms with Gasteiger partial charge in [0.2, 0.25) is 11.8 Å². The summed E-state index contributed by atoms with van der Waals surface area (Å²) in [5, 5.41) is 4.28. The van der Waals surface area contributed by atoms with Crippen molar-refractivity contribution in [1.82, 2.24) is 14.8 Å². The Morgan fingerprint density at radius 3 is 2.62 bits per heavy atom. The van der Waals surface area contributed by atoms with Crippen molar-refractivity contribution in [1.29, 1.82) is 0 Å². The molecule has 0 atom stereocenters. The van der Waals surface area contributed by atoms with E-state index in [1.54, 1.807) is 0 Å². The third-order valence-corrected chi connectivity index (χ3v) is 4.65. The van der Waals surface area contributed by atoms with E-state index >= 15 is 0 Å². The SMILES string of the molecule is Cc1cc2ccccc2n1CC(=O)NC1CCN(CC(N)=O)CC1. The van der Waals surface area contributed by atoms with Gasteiger partial charge in [0.25, 0.3) is 0 Å². The lowest BCUT2D eigenvalue weighted by Crippen LogP contribution is -2.47. The highest BCUT2D eigenvalue weighted by Gasteiger charge is 2.21. The first kappa shape index (κ1) is 16.5. The molecule has 1 aliphatic rings. The second-order valence-electron chi connectivity index (χ2n) is 6.51. The fourth-order valence-corrected chi connectivity index (χ4v) is 3.43. The zero-order valence-electron chi connectivity index (χ0n) is 14.0. The Labute approximate surface area is 141 Å². The van der Waals surface area contributed by atoms with Gasteiger partial charge in [0, 0.05) is 30.3 Å². The van der Waals surface area contributed by atoms with Crippen molar-refractivity contribution in [2.24, 2.45) is 5.73 Å². The van der Waals surface area contributed by atoms with E-state index in [-0.39, 0.29) is 17.9 Å². The number of carbonyl (C=O) groups excluding carboxylic acids is 2. The minimum Gasteiger partial charge on any atom is -0.369 e. The summed E-state index contributed by atoms with van der Waals surface area (Å²) in [6.07, 6.45) is 1.70. The molecule has 2 amide bonds. The average Bonchev–Trinajstić information content (AvgIpc) is 2.85. The molecule has 128 valence electrons. The number of hydrogen-bond acceptors (Lipinski definition) is 3. The zero-order valence-corrected chi connectivity index (χ0v) is 14.0. The van der Waals surface area contributed by atoms with Gasteiger partial charge in [-0.3, -0.25) is 14.5 Å². The van der Waals surface area contributed by atoms with Crippen molar-refractivity contribution in [3.63, 3.8) is 0 Å². The molecule has 3 rings (SSSR count). The number of rotatable bonds is 5. The van der Waals surface area contributed by atoms with Gasteiger partial charge in [-0.2, -0.15) is 0 Å². The van der Waals surface area contributed by atoms with Crippen molar-refractivity contribution in [2.45, 2.75) is 32.4 Å². The molecule has 0 spiro atoms. The molecular weight excluding hydrogens is 304 g/mol. The van der Waals surface area contributed by atoms with Gasteiger partial charge in [0.05, 0.1) is 6.54 Å². The minimum atomic E-state index is -0.299. The summed E-state index contributed by atoms with van der Waals surface area (Å²) in [7, 11) is 0. The maximum atomic E-state index is 12.4. The molecule has 0 unspecified atom stereocenters. The van der Waals surface area contributed by atoms with Crippen LogP contribution in [-0.2, 0) is 16.1 Å². The third kappa shape index (κ3) is 3.76. The summed E-state index contributed by atoms with van der Waals surface area (Å²) in [5.74, 6) is -0.264. The number of amides is 2. The van der Waals surface area contributed by atoms with Gasteiger partial charge in [0.1, 0.15) is 6.54 Å². The van der Waals surface area contributed by atoms with E-state index in [9.17, 15) is 9.59 Å². The molecule has 0 saturated carbocycles. The molecule has 0 bridgehead atoms. The highest BCUT2D eigenvalue weighted by Crippen LogP contribution is 2.19. The van der Waals surface area contributed by atoms with Crippen LogP contribution in [0.5, 0.6) is 0 Å². The molecule has 24 heavy (non-hydrogen) atoms. The Bertz CT molecular complexity index is 745. The average molecular weight is 328 g/mol. The number of nitrogens with one attached hydrogen (secondary N) is 1. The summed E-state index contributed by atoms with van der Waals surface area (Å²) >= 11 is 0. The topological polar surface area (TPSA) is 80.4 Å². The van der Waals surface area contributed by atoms with E-state index in [1.165, 1.54) is 0 Å². The summed E-state index contributed by atoms with van der Waals surface area (Å²) < 4.78 is 2.05. The lowest BCUT2D eigenvalue weighted by molar-refractivity contribution is -0.123. The van der Waals surface area contributed by atoms with Crippen LogP contribution >= 0.6 is 0 Å². The first-order valence-corrected chi connectivity index (χ1v) is 8.38. The molecule has 6 heteroatoms. The van der Waals surface area contributed by atoms with E-state index in [0.29, 0.717) is 13.1 Å². The van der Waals surface area contributed by atoms with Crippen LogP contribution in [0.4, 0.5) is 0 Å². The third-order valence-electron chi connectivity index (χ3n) is 4.65. The van der Waals surface area contributed by atoms with Crippen LogP contribution in [0.3, 0.4) is 0 Å². The van der Waals surface area contributed by atoms with Crippen molar-refractivity contribution in [2.75, 3.05) is 19.6 Å². The van der Waals surface area contributed by atoms with E-state index in [0.717, 1.165) is 42.5 Å². The normalized spacial score (nSPS) is 16.4. The van der Waals surface area contributed by atoms with E-state index in [4.69, 9.17) is 5.73 Å². The number of para-hydroxylation sites is 1. The Morgan fingerprint density at radius 2 is 1.92 bits per heavy atom. The largest absolute Gasteiger partial charge is 0.369 e. The first-order valence-electron chi connectivity index (χ1n) is 8.38. The zero-order chi connectivity index (χ0) is 17.1. The van der Waals surface area contributed by atoms with E-state index in [1.807, 2.05) is 34.6 Å². The summed E-state index contributed by atoms with van der Waals surface area (Å²) in [6, 6.07) is 10.4. The maximum absolute atomic E-state index is 12.4. The number of likely N-dealkylation sites (tertiary alicyclic amines) is 1. The molecule has 0 aliphatic carbocycles. The van der Waals surface area contributed by atoms with Crippen LogP contribution in [-0.4, -0.2) is 47.0 Å². The Kier molecular flexibility index (Phi) is 4.85. The fraction of sp³-hybridized carbons (Fsp3) is 0.444. The second kappa shape index (κ2) is 7.05. The molecule has 1 saturated heterocycles. The van der Waals surface area contributed by atoms with Gasteiger partial charge in [0.15, 0.2) is 0 Å². The van der Waals surface area contributed by atoms with Crippen molar-refractivity contribution in [3.05, 3.63) is 36.0 Å². The van der Waals surface area contributed by atoms with Gasteiger partial charge in [-0.25, -0.2) is 0 Å². The molecule has 2 heterocycles. The number of carbonyl (C=O) groups is 2. The molecule has 1 aliphatic heterocycles. The van der Waals surface area contributed by atoms with Crippen molar-refractivity contribution < 1.29 is 9.59 Å². The number of piperidine rings is 1. The fourth-order valence-electron chi connectivity index (χ4n) is 3.43. The summed E-state index contributed by atoms with van der Waals surface area (Å²) in [4.78, 5) is 25.4. The smallest absolute Gasteiger partial charge is 0.240 e. The number of primary amides is 1. The molecule has 6 nitrogen and oxygen atoms in total. The van der Waals surface area contributed by atoms with Crippen LogP contribution in [0.15, 0.2) is 30.3 Å². The van der Waals surface area contributed by atoms with Crippen LogP contribution in [0.1, 0.15) is 18.5 Å². The van der Waals surface area contributed by atoms with E-state index < -0.39 is 0 Å². The maximum Gasteiger partial charge on any atom is 0.240 e. The molecule has 2 aromatic rings. The Balaban J connectivity index is 1.56. The van der Waals surface area contributed by atoms with Crippen LogP contribution in [0.2, 0.25) is 0 Å². The number of nitrogens with two attached hydrogens (primary N) is 1.